The van der Waals surface area contributed by atoms with Gasteiger partial charge in [-0.3, -0.25) is 9.69 Å². The molecule has 24 heavy (non-hydrogen) atoms. The minimum Gasteiger partial charge on any atom is -0.450 e. The largest absolute Gasteiger partial charge is 0.450 e. The lowest BCUT2D eigenvalue weighted by Crippen LogP contribution is -2.63. The van der Waals surface area contributed by atoms with E-state index < -0.39 is 17.3 Å². The number of nitrogens with zero attached hydrogens (tertiary/aromatic N) is 1. The molecule has 0 N–H and O–H groups in total. The molecule has 0 aliphatic carbocycles. The smallest absolute Gasteiger partial charge is 0.410 e. The Labute approximate surface area is 141 Å². The Kier molecular flexibility index (Phi) is 5.16. The van der Waals surface area contributed by atoms with Crippen molar-refractivity contribution in [3.63, 3.8) is 0 Å². The Morgan fingerprint density at radius 3 is 2.29 bits per heavy atom. The Balaban J connectivity index is 2.14. The molecule has 1 aromatic rings. The van der Waals surface area contributed by atoms with Gasteiger partial charge in [-0.05, 0) is 44.9 Å². The lowest BCUT2D eigenvalue weighted by atomic mass is 9.86. The van der Waals surface area contributed by atoms with E-state index in [-0.39, 0.29) is 24.9 Å². The molecular formula is C18H24FNO4. The molecule has 1 aromatic carbocycles. The molecule has 1 amide bonds. The van der Waals surface area contributed by atoms with Crippen molar-refractivity contribution in [2.24, 2.45) is 0 Å². The van der Waals surface area contributed by atoms with Crippen molar-refractivity contribution >= 4 is 12.1 Å². The highest BCUT2D eigenvalue weighted by Gasteiger charge is 2.51. The fourth-order valence-electron chi connectivity index (χ4n) is 2.56. The molecule has 6 heteroatoms. The second kappa shape index (κ2) is 6.79. The average Bonchev–Trinajstić information content (AvgIpc) is 2.41. The number of halogens is 1. The van der Waals surface area contributed by atoms with Gasteiger partial charge in [-0.2, -0.15) is 0 Å². The maximum atomic E-state index is 13.2. The lowest BCUT2D eigenvalue weighted by molar-refractivity contribution is -0.181. The van der Waals surface area contributed by atoms with E-state index in [0.29, 0.717) is 18.4 Å². The molecule has 0 unspecified atom stereocenters. The SMILES string of the molecule is CCCC(=O)OC1(c2ccc(F)cc2)CN(C(=O)OC(C)(C)C)C1. The summed E-state index contributed by atoms with van der Waals surface area (Å²) < 4.78 is 24.1. The predicted octanol–water partition coefficient (Wildman–Crippen LogP) is 3.62. The van der Waals surface area contributed by atoms with Crippen molar-refractivity contribution in [1.29, 1.82) is 0 Å². The quantitative estimate of drug-likeness (QED) is 0.788. The third-order valence-corrected chi connectivity index (χ3v) is 3.68. The minimum absolute atomic E-state index is 0.197. The normalized spacial score (nSPS) is 16.3. The van der Waals surface area contributed by atoms with Gasteiger partial charge < -0.3 is 9.47 Å². The van der Waals surface area contributed by atoms with Crippen LogP contribution in [0.15, 0.2) is 24.3 Å². The van der Waals surface area contributed by atoms with E-state index in [9.17, 15) is 14.0 Å². The van der Waals surface area contributed by atoms with Gasteiger partial charge in [0.1, 0.15) is 11.4 Å². The van der Waals surface area contributed by atoms with Gasteiger partial charge in [-0.1, -0.05) is 19.1 Å². The number of benzene rings is 1. The Morgan fingerprint density at radius 1 is 1.21 bits per heavy atom. The van der Waals surface area contributed by atoms with Crippen LogP contribution in [0.5, 0.6) is 0 Å². The molecule has 1 saturated heterocycles. The summed E-state index contributed by atoms with van der Waals surface area (Å²) in [6.45, 7) is 7.66. The van der Waals surface area contributed by atoms with Gasteiger partial charge in [-0.15, -0.1) is 0 Å². The highest BCUT2D eigenvalue weighted by Crippen LogP contribution is 2.37. The Morgan fingerprint density at radius 2 is 1.79 bits per heavy atom. The van der Waals surface area contributed by atoms with Crippen molar-refractivity contribution < 1.29 is 23.5 Å². The van der Waals surface area contributed by atoms with Crippen LogP contribution in [0.3, 0.4) is 0 Å². The first-order valence-electron chi connectivity index (χ1n) is 8.11. The number of ether oxygens (including phenoxy) is 2. The molecule has 1 fully saturated rings. The molecule has 0 atom stereocenters. The van der Waals surface area contributed by atoms with Gasteiger partial charge in [-0.25, -0.2) is 9.18 Å². The molecule has 0 spiro atoms. The first kappa shape index (κ1) is 18.2. The minimum atomic E-state index is -0.934. The summed E-state index contributed by atoms with van der Waals surface area (Å²) >= 11 is 0. The summed E-state index contributed by atoms with van der Waals surface area (Å²) in [5.41, 5.74) is -0.853. The van der Waals surface area contributed by atoms with Crippen LogP contribution in [-0.4, -0.2) is 35.7 Å². The van der Waals surface area contributed by atoms with Crippen LogP contribution in [0.25, 0.3) is 0 Å². The molecule has 5 nitrogen and oxygen atoms in total. The predicted molar refractivity (Wildman–Crippen MR) is 86.9 cm³/mol. The van der Waals surface area contributed by atoms with Crippen LogP contribution in [-0.2, 0) is 19.9 Å². The molecular weight excluding hydrogens is 313 g/mol. The van der Waals surface area contributed by atoms with Crippen molar-refractivity contribution in [3.05, 3.63) is 35.6 Å². The van der Waals surface area contributed by atoms with Crippen LogP contribution in [0, 0.1) is 5.82 Å². The summed E-state index contributed by atoms with van der Waals surface area (Å²) in [5, 5.41) is 0. The Hall–Kier alpha value is -2.11. The van der Waals surface area contributed by atoms with E-state index in [0.717, 1.165) is 0 Å². The number of amides is 1. The van der Waals surface area contributed by atoms with Crippen LogP contribution < -0.4 is 0 Å². The fourth-order valence-corrected chi connectivity index (χ4v) is 2.56. The van der Waals surface area contributed by atoms with Gasteiger partial charge in [0.15, 0.2) is 5.60 Å². The van der Waals surface area contributed by atoms with Gasteiger partial charge in [0.25, 0.3) is 0 Å². The first-order valence-corrected chi connectivity index (χ1v) is 8.11. The van der Waals surface area contributed by atoms with Crippen LogP contribution >= 0.6 is 0 Å². The maximum absolute atomic E-state index is 13.2. The maximum Gasteiger partial charge on any atom is 0.410 e. The topological polar surface area (TPSA) is 55.8 Å². The highest BCUT2D eigenvalue weighted by atomic mass is 19.1. The Bertz CT molecular complexity index is 600. The molecule has 0 saturated carbocycles. The lowest BCUT2D eigenvalue weighted by Gasteiger charge is -2.49. The van der Waals surface area contributed by atoms with Gasteiger partial charge in [0.05, 0.1) is 13.1 Å². The molecule has 1 aliphatic heterocycles. The average molecular weight is 337 g/mol. The zero-order chi connectivity index (χ0) is 18.0. The second-order valence-corrected chi connectivity index (χ2v) is 7.06. The van der Waals surface area contributed by atoms with E-state index in [2.05, 4.69) is 0 Å². The number of hydrogen-bond donors (Lipinski definition) is 0. The number of rotatable bonds is 4. The summed E-state index contributed by atoms with van der Waals surface area (Å²) in [6, 6.07) is 5.81. The monoisotopic (exact) mass is 337 g/mol. The first-order chi connectivity index (χ1) is 11.1. The zero-order valence-corrected chi connectivity index (χ0v) is 14.6. The highest BCUT2D eigenvalue weighted by molar-refractivity contribution is 5.73. The van der Waals surface area contributed by atoms with Gasteiger partial charge in [0, 0.05) is 6.42 Å². The van der Waals surface area contributed by atoms with Gasteiger partial charge >= 0.3 is 12.1 Å². The van der Waals surface area contributed by atoms with Crippen molar-refractivity contribution in [1.82, 2.24) is 4.90 Å². The second-order valence-electron chi connectivity index (χ2n) is 7.06. The fraction of sp³-hybridized carbons (Fsp3) is 0.556. The number of carbonyl (C=O) groups excluding carboxylic acids is 2. The zero-order valence-electron chi connectivity index (χ0n) is 14.6. The summed E-state index contributed by atoms with van der Waals surface area (Å²) in [4.78, 5) is 25.6. The molecule has 0 bridgehead atoms. The summed E-state index contributed by atoms with van der Waals surface area (Å²) in [7, 11) is 0. The summed E-state index contributed by atoms with van der Waals surface area (Å²) in [6.07, 6.45) is 0.524. The van der Waals surface area contributed by atoms with E-state index in [1.54, 1.807) is 32.9 Å². The van der Waals surface area contributed by atoms with Crippen molar-refractivity contribution in [2.75, 3.05) is 13.1 Å². The number of likely N-dealkylation sites (tertiary alicyclic amines) is 1. The van der Waals surface area contributed by atoms with E-state index in [4.69, 9.17) is 9.47 Å². The van der Waals surface area contributed by atoms with Crippen molar-refractivity contribution in [3.8, 4) is 0 Å². The third kappa shape index (κ3) is 4.24. The molecule has 1 aliphatic rings. The van der Waals surface area contributed by atoms with E-state index >= 15 is 0 Å². The number of esters is 1. The van der Waals surface area contributed by atoms with Crippen molar-refractivity contribution in [2.45, 2.75) is 51.7 Å². The van der Waals surface area contributed by atoms with Gasteiger partial charge in [0.2, 0.25) is 0 Å². The molecule has 0 radical (unpaired) electrons. The number of hydrogen-bond acceptors (Lipinski definition) is 4. The molecule has 0 aromatic heterocycles. The standard InChI is InChI=1S/C18H24FNO4/c1-5-6-15(21)23-18(13-7-9-14(19)10-8-13)11-20(12-18)16(22)24-17(2,3)4/h7-10H,5-6,11-12H2,1-4H3. The van der Waals surface area contributed by atoms with Crippen LogP contribution in [0.2, 0.25) is 0 Å². The van der Waals surface area contributed by atoms with E-state index in [1.165, 1.54) is 17.0 Å². The summed E-state index contributed by atoms with van der Waals surface area (Å²) in [5.74, 6) is -0.692. The molecule has 2 rings (SSSR count). The molecule has 1 heterocycles. The molecule has 132 valence electrons. The number of carbonyl (C=O) groups is 2. The third-order valence-electron chi connectivity index (χ3n) is 3.68. The van der Waals surface area contributed by atoms with E-state index in [1.807, 2.05) is 6.92 Å². The van der Waals surface area contributed by atoms with Crippen LogP contribution in [0.1, 0.15) is 46.1 Å². The van der Waals surface area contributed by atoms with Crippen LogP contribution in [0.4, 0.5) is 9.18 Å².